The van der Waals surface area contributed by atoms with E-state index in [1.54, 1.807) is 13.0 Å². The Morgan fingerprint density at radius 1 is 1.33 bits per heavy atom. The van der Waals surface area contributed by atoms with Gasteiger partial charge < -0.3 is 10.5 Å². The molecule has 0 radical (unpaired) electrons. The third kappa shape index (κ3) is 3.70. The Labute approximate surface area is 107 Å². The third-order valence-electron chi connectivity index (χ3n) is 3.18. The van der Waals surface area contributed by atoms with Gasteiger partial charge in [0, 0.05) is 11.6 Å². The summed E-state index contributed by atoms with van der Waals surface area (Å²) in [5.41, 5.74) is 6.59. The summed E-state index contributed by atoms with van der Waals surface area (Å²) >= 11 is 0. The van der Waals surface area contributed by atoms with E-state index < -0.39 is 4.92 Å². The molecular formula is C13H20N2O3. The minimum absolute atomic E-state index is 0.0422. The van der Waals surface area contributed by atoms with Gasteiger partial charge in [0.15, 0.2) is 0 Å². The molecule has 100 valence electrons. The molecule has 0 fully saturated rings. The fraction of sp³-hybridized carbons (Fsp3) is 0.538. The molecule has 1 aromatic carbocycles. The lowest BCUT2D eigenvalue weighted by atomic mass is 9.96. The topological polar surface area (TPSA) is 78.4 Å². The third-order valence-corrected chi connectivity index (χ3v) is 3.18. The van der Waals surface area contributed by atoms with Gasteiger partial charge in [0.2, 0.25) is 0 Å². The van der Waals surface area contributed by atoms with Crippen LogP contribution in [0, 0.1) is 17.0 Å². The van der Waals surface area contributed by atoms with Gasteiger partial charge in [-0.05, 0) is 31.4 Å². The number of nitrogens with zero attached hydrogens (tertiary/aromatic N) is 1. The zero-order valence-electron chi connectivity index (χ0n) is 11.1. The normalized spacial score (nSPS) is 11.3. The van der Waals surface area contributed by atoms with Gasteiger partial charge in [-0.25, -0.2) is 0 Å². The van der Waals surface area contributed by atoms with Gasteiger partial charge >= 0.3 is 0 Å². The van der Waals surface area contributed by atoms with Crippen LogP contribution in [-0.2, 0) is 0 Å². The molecule has 0 aromatic heterocycles. The van der Waals surface area contributed by atoms with Crippen LogP contribution in [0.15, 0.2) is 18.2 Å². The van der Waals surface area contributed by atoms with E-state index >= 15 is 0 Å². The molecule has 5 heteroatoms. The van der Waals surface area contributed by atoms with E-state index in [-0.39, 0.29) is 11.2 Å². The summed E-state index contributed by atoms with van der Waals surface area (Å²) in [6.45, 7) is 6.17. The summed E-state index contributed by atoms with van der Waals surface area (Å²) < 4.78 is 5.60. The molecule has 0 unspecified atom stereocenters. The van der Waals surface area contributed by atoms with E-state index in [0.29, 0.717) is 12.4 Å². The molecule has 0 aliphatic heterocycles. The largest absolute Gasteiger partial charge is 0.491 e. The van der Waals surface area contributed by atoms with Crippen molar-refractivity contribution >= 4 is 5.69 Å². The average Bonchev–Trinajstić information content (AvgIpc) is 2.35. The van der Waals surface area contributed by atoms with Gasteiger partial charge in [0.1, 0.15) is 12.4 Å². The smallest absolute Gasteiger partial charge is 0.273 e. The summed E-state index contributed by atoms with van der Waals surface area (Å²) in [4.78, 5) is 10.3. The van der Waals surface area contributed by atoms with Crippen LogP contribution in [0.4, 0.5) is 5.69 Å². The number of rotatable bonds is 6. The molecule has 0 aliphatic rings. The molecule has 0 aliphatic carbocycles. The first-order valence-corrected chi connectivity index (χ1v) is 6.08. The van der Waals surface area contributed by atoms with Crippen LogP contribution in [0.2, 0.25) is 0 Å². The molecule has 1 rings (SSSR count). The minimum Gasteiger partial charge on any atom is -0.491 e. The van der Waals surface area contributed by atoms with Crippen molar-refractivity contribution in [3.63, 3.8) is 0 Å². The lowest BCUT2D eigenvalue weighted by Gasteiger charge is -2.26. The van der Waals surface area contributed by atoms with Crippen molar-refractivity contribution in [1.82, 2.24) is 0 Å². The SMILES string of the molecule is CCC(N)(CC)COc1cc(C)cc([N+](=O)[O-])c1. The van der Waals surface area contributed by atoms with Gasteiger partial charge in [-0.2, -0.15) is 0 Å². The van der Waals surface area contributed by atoms with E-state index in [1.807, 2.05) is 13.8 Å². The zero-order valence-corrected chi connectivity index (χ0v) is 11.1. The first-order chi connectivity index (χ1) is 8.40. The molecule has 0 heterocycles. The number of non-ortho nitro benzene ring substituents is 1. The van der Waals surface area contributed by atoms with Crippen LogP contribution >= 0.6 is 0 Å². The Hall–Kier alpha value is -1.62. The fourth-order valence-electron chi connectivity index (χ4n) is 1.60. The summed E-state index contributed by atoms with van der Waals surface area (Å²) in [6.07, 6.45) is 1.61. The van der Waals surface area contributed by atoms with Gasteiger partial charge in [-0.15, -0.1) is 0 Å². The zero-order chi connectivity index (χ0) is 13.8. The number of nitro groups is 1. The maximum Gasteiger partial charge on any atom is 0.273 e. The second-order valence-electron chi connectivity index (χ2n) is 4.62. The predicted molar refractivity (Wildman–Crippen MR) is 70.8 cm³/mol. The highest BCUT2D eigenvalue weighted by Crippen LogP contribution is 2.23. The summed E-state index contributed by atoms with van der Waals surface area (Å²) in [7, 11) is 0. The molecule has 0 saturated heterocycles. The first-order valence-electron chi connectivity index (χ1n) is 6.08. The minimum atomic E-state index is -0.421. The van der Waals surface area contributed by atoms with Crippen molar-refractivity contribution in [2.24, 2.45) is 5.73 Å². The summed E-state index contributed by atoms with van der Waals surface area (Å²) in [6, 6.07) is 4.72. The van der Waals surface area contributed by atoms with Crippen LogP contribution in [0.3, 0.4) is 0 Å². The predicted octanol–water partition coefficient (Wildman–Crippen LogP) is 2.80. The molecular weight excluding hydrogens is 232 g/mol. The highest BCUT2D eigenvalue weighted by molar-refractivity contribution is 5.42. The first kappa shape index (κ1) is 14.4. The second-order valence-corrected chi connectivity index (χ2v) is 4.62. The maximum atomic E-state index is 10.7. The standard InChI is InChI=1S/C13H20N2O3/c1-4-13(14,5-2)9-18-12-7-10(3)6-11(8-12)15(16)17/h6-8H,4-5,9,14H2,1-3H3. The number of hydrogen-bond acceptors (Lipinski definition) is 4. The van der Waals surface area contributed by atoms with Crippen LogP contribution in [0.5, 0.6) is 5.75 Å². The molecule has 0 saturated carbocycles. The van der Waals surface area contributed by atoms with Gasteiger partial charge in [-0.3, -0.25) is 10.1 Å². The van der Waals surface area contributed by atoms with E-state index in [4.69, 9.17) is 10.5 Å². The molecule has 1 aromatic rings. The van der Waals surface area contributed by atoms with Crippen molar-refractivity contribution < 1.29 is 9.66 Å². The van der Waals surface area contributed by atoms with Gasteiger partial charge in [0.25, 0.3) is 5.69 Å². The summed E-state index contributed by atoms with van der Waals surface area (Å²) in [5.74, 6) is 0.499. The Bertz CT molecular complexity index is 428. The maximum absolute atomic E-state index is 10.7. The molecule has 5 nitrogen and oxygen atoms in total. The van der Waals surface area contributed by atoms with Crippen molar-refractivity contribution in [3.05, 3.63) is 33.9 Å². The number of nitrogens with two attached hydrogens (primary N) is 1. The molecule has 0 spiro atoms. The van der Waals surface area contributed by atoms with E-state index in [9.17, 15) is 10.1 Å². The Kier molecular flexibility index (Phi) is 4.67. The Balaban J connectivity index is 2.82. The van der Waals surface area contributed by atoms with Crippen LogP contribution in [0.25, 0.3) is 0 Å². The number of benzene rings is 1. The van der Waals surface area contributed by atoms with E-state index in [2.05, 4.69) is 0 Å². The van der Waals surface area contributed by atoms with Gasteiger partial charge in [0.05, 0.1) is 11.0 Å². The number of nitro benzene ring substituents is 1. The van der Waals surface area contributed by atoms with E-state index in [1.165, 1.54) is 12.1 Å². The van der Waals surface area contributed by atoms with Crippen LogP contribution in [0.1, 0.15) is 32.3 Å². The van der Waals surface area contributed by atoms with Gasteiger partial charge in [-0.1, -0.05) is 13.8 Å². The van der Waals surface area contributed by atoms with Crippen molar-refractivity contribution in [2.75, 3.05) is 6.61 Å². The fourth-order valence-corrected chi connectivity index (χ4v) is 1.60. The second kappa shape index (κ2) is 5.82. The molecule has 18 heavy (non-hydrogen) atoms. The lowest BCUT2D eigenvalue weighted by Crippen LogP contribution is -2.44. The van der Waals surface area contributed by atoms with Crippen molar-refractivity contribution in [1.29, 1.82) is 0 Å². The molecule has 0 amide bonds. The van der Waals surface area contributed by atoms with Crippen LogP contribution in [-0.4, -0.2) is 17.1 Å². The highest BCUT2D eigenvalue weighted by atomic mass is 16.6. The van der Waals surface area contributed by atoms with Crippen molar-refractivity contribution in [3.8, 4) is 5.75 Å². The van der Waals surface area contributed by atoms with Crippen molar-refractivity contribution in [2.45, 2.75) is 39.2 Å². The van der Waals surface area contributed by atoms with E-state index in [0.717, 1.165) is 18.4 Å². The number of aryl methyl sites for hydroxylation is 1. The monoisotopic (exact) mass is 252 g/mol. The number of hydrogen-bond donors (Lipinski definition) is 1. The molecule has 0 atom stereocenters. The highest BCUT2D eigenvalue weighted by Gasteiger charge is 2.21. The summed E-state index contributed by atoms with van der Waals surface area (Å²) in [5, 5.41) is 10.7. The molecule has 2 N–H and O–H groups in total. The van der Waals surface area contributed by atoms with Crippen LogP contribution < -0.4 is 10.5 Å². The molecule has 0 bridgehead atoms. The average molecular weight is 252 g/mol. The Morgan fingerprint density at radius 3 is 2.44 bits per heavy atom. The lowest BCUT2D eigenvalue weighted by molar-refractivity contribution is -0.385. The number of ether oxygens (including phenoxy) is 1. The quantitative estimate of drug-likeness (QED) is 0.623. The Morgan fingerprint density at radius 2 is 1.94 bits per heavy atom.